The van der Waals surface area contributed by atoms with E-state index >= 15 is 0 Å². The molecule has 2 aromatic rings. The van der Waals surface area contributed by atoms with E-state index in [-0.39, 0.29) is 0 Å². The molecule has 1 aromatic heterocycles. The van der Waals surface area contributed by atoms with Crippen molar-refractivity contribution >= 4 is 15.9 Å². The highest BCUT2D eigenvalue weighted by Crippen LogP contribution is 2.17. The predicted octanol–water partition coefficient (Wildman–Crippen LogP) is 2.98. The van der Waals surface area contributed by atoms with Crippen LogP contribution in [0, 0.1) is 5.92 Å². The Morgan fingerprint density at radius 3 is 2.50 bits per heavy atom. The lowest BCUT2D eigenvalue weighted by Crippen LogP contribution is -2.22. The van der Waals surface area contributed by atoms with Crippen molar-refractivity contribution in [3.05, 3.63) is 46.5 Å². The molecule has 0 saturated heterocycles. The number of halogens is 1. The maximum absolute atomic E-state index is 5.93. The van der Waals surface area contributed by atoms with Gasteiger partial charge in [-0.05, 0) is 50.4 Å². The Morgan fingerprint density at radius 2 is 1.90 bits per heavy atom. The van der Waals surface area contributed by atoms with Gasteiger partial charge in [0.05, 0.1) is 0 Å². The number of hydrogen-bond acceptors (Lipinski definition) is 3. The van der Waals surface area contributed by atoms with Gasteiger partial charge in [-0.2, -0.15) is 5.10 Å². The summed E-state index contributed by atoms with van der Waals surface area (Å²) < 4.78 is 3.08. The van der Waals surface area contributed by atoms with E-state index in [0.717, 1.165) is 23.1 Å². The second kappa shape index (κ2) is 6.99. The van der Waals surface area contributed by atoms with Crippen LogP contribution >= 0.6 is 15.9 Å². The van der Waals surface area contributed by atoms with Crippen molar-refractivity contribution < 1.29 is 0 Å². The highest BCUT2D eigenvalue weighted by molar-refractivity contribution is 9.10. The first-order chi connectivity index (χ1) is 9.60. The number of hydrogen-bond donors (Lipinski definition) is 1. The first kappa shape index (κ1) is 15.2. The van der Waals surface area contributed by atoms with Gasteiger partial charge in [-0.15, -0.1) is 0 Å². The third kappa shape index (κ3) is 3.90. The zero-order valence-electron chi connectivity index (χ0n) is 12.0. The van der Waals surface area contributed by atoms with E-state index in [0.29, 0.717) is 18.5 Å². The zero-order chi connectivity index (χ0) is 14.5. The molecule has 4 nitrogen and oxygen atoms in total. The molecule has 0 aliphatic heterocycles. The molecule has 108 valence electrons. The fourth-order valence-electron chi connectivity index (χ4n) is 2.30. The molecule has 0 aliphatic rings. The van der Waals surface area contributed by atoms with Gasteiger partial charge in [0.25, 0.3) is 0 Å². The van der Waals surface area contributed by atoms with Crippen molar-refractivity contribution in [3.8, 4) is 0 Å². The SMILES string of the molecule is CC(C)n1ncnc1CC(CN)Cc1ccc(Br)cc1. The molecule has 1 unspecified atom stereocenters. The number of rotatable bonds is 6. The first-order valence-corrected chi connectivity index (χ1v) is 7.72. The fraction of sp³-hybridized carbons (Fsp3) is 0.467. The van der Waals surface area contributed by atoms with Crippen molar-refractivity contribution in [1.82, 2.24) is 14.8 Å². The molecule has 0 fully saturated rings. The van der Waals surface area contributed by atoms with E-state index in [1.807, 2.05) is 4.68 Å². The minimum Gasteiger partial charge on any atom is -0.330 e. The van der Waals surface area contributed by atoms with Crippen molar-refractivity contribution in [2.24, 2.45) is 11.7 Å². The molecule has 0 spiro atoms. The number of benzene rings is 1. The van der Waals surface area contributed by atoms with Crippen LogP contribution in [-0.2, 0) is 12.8 Å². The highest BCUT2D eigenvalue weighted by atomic mass is 79.9. The lowest BCUT2D eigenvalue weighted by Gasteiger charge is -2.16. The van der Waals surface area contributed by atoms with Gasteiger partial charge in [-0.25, -0.2) is 9.67 Å². The molecule has 1 aromatic carbocycles. The largest absolute Gasteiger partial charge is 0.330 e. The van der Waals surface area contributed by atoms with E-state index in [4.69, 9.17) is 5.73 Å². The minimum atomic E-state index is 0.332. The van der Waals surface area contributed by atoms with Crippen LogP contribution in [0.2, 0.25) is 0 Å². The molecule has 0 amide bonds. The summed E-state index contributed by atoms with van der Waals surface area (Å²) in [5.41, 5.74) is 7.23. The van der Waals surface area contributed by atoms with E-state index < -0.39 is 0 Å². The molecule has 0 saturated carbocycles. The summed E-state index contributed by atoms with van der Waals surface area (Å²) in [4.78, 5) is 4.37. The summed E-state index contributed by atoms with van der Waals surface area (Å²) in [5.74, 6) is 1.41. The molecule has 5 heteroatoms. The Balaban J connectivity index is 2.05. The van der Waals surface area contributed by atoms with Crippen molar-refractivity contribution in [3.63, 3.8) is 0 Å². The third-order valence-corrected chi connectivity index (χ3v) is 3.91. The van der Waals surface area contributed by atoms with E-state index in [9.17, 15) is 0 Å². The summed E-state index contributed by atoms with van der Waals surface area (Å²) in [5, 5.41) is 4.28. The lowest BCUT2D eigenvalue weighted by atomic mass is 9.96. The number of nitrogens with two attached hydrogens (primary N) is 1. The maximum Gasteiger partial charge on any atom is 0.138 e. The van der Waals surface area contributed by atoms with Crippen molar-refractivity contribution in [2.75, 3.05) is 6.54 Å². The lowest BCUT2D eigenvalue weighted by molar-refractivity contribution is 0.457. The number of nitrogens with zero attached hydrogens (tertiary/aromatic N) is 3. The molecule has 2 N–H and O–H groups in total. The Bertz CT molecular complexity index is 533. The first-order valence-electron chi connectivity index (χ1n) is 6.93. The standard InChI is InChI=1S/C15H21BrN4/c1-11(2)20-15(18-10-19-20)8-13(9-17)7-12-3-5-14(16)6-4-12/h3-6,10-11,13H,7-9,17H2,1-2H3. The molecule has 1 atom stereocenters. The van der Waals surface area contributed by atoms with Crippen molar-refractivity contribution in [2.45, 2.75) is 32.7 Å². The molecule has 1 heterocycles. The summed E-state index contributed by atoms with van der Waals surface area (Å²) in [6, 6.07) is 8.75. The van der Waals surface area contributed by atoms with Crippen LogP contribution in [0.1, 0.15) is 31.3 Å². The van der Waals surface area contributed by atoms with Gasteiger partial charge in [0, 0.05) is 16.9 Å². The summed E-state index contributed by atoms with van der Waals surface area (Å²) in [6.45, 7) is 4.88. The Labute approximate surface area is 128 Å². The van der Waals surface area contributed by atoms with Gasteiger partial charge < -0.3 is 5.73 Å². The Hall–Kier alpha value is -1.20. The van der Waals surface area contributed by atoms with Crippen molar-refractivity contribution in [1.29, 1.82) is 0 Å². The summed E-state index contributed by atoms with van der Waals surface area (Å²) in [6.07, 6.45) is 3.46. The van der Waals surface area contributed by atoms with E-state index in [1.165, 1.54) is 5.56 Å². The quantitative estimate of drug-likeness (QED) is 0.882. The normalized spacial score (nSPS) is 12.8. The topological polar surface area (TPSA) is 56.7 Å². The van der Waals surface area contributed by atoms with Gasteiger partial charge in [-0.3, -0.25) is 0 Å². The van der Waals surface area contributed by atoms with Gasteiger partial charge >= 0.3 is 0 Å². The van der Waals surface area contributed by atoms with Gasteiger partial charge in [-0.1, -0.05) is 28.1 Å². The molecule has 20 heavy (non-hydrogen) atoms. The minimum absolute atomic E-state index is 0.332. The van der Waals surface area contributed by atoms with Gasteiger partial charge in [0.2, 0.25) is 0 Å². The van der Waals surface area contributed by atoms with E-state index in [2.05, 4.69) is 64.1 Å². The smallest absolute Gasteiger partial charge is 0.138 e. The monoisotopic (exact) mass is 336 g/mol. The van der Waals surface area contributed by atoms with Crippen LogP contribution in [0.15, 0.2) is 35.1 Å². The van der Waals surface area contributed by atoms with Crippen LogP contribution in [0.5, 0.6) is 0 Å². The van der Waals surface area contributed by atoms with Crippen LogP contribution in [0.3, 0.4) is 0 Å². The molecule has 0 radical (unpaired) electrons. The second-order valence-electron chi connectivity index (χ2n) is 5.35. The zero-order valence-corrected chi connectivity index (χ0v) is 13.5. The Morgan fingerprint density at radius 1 is 1.20 bits per heavy atom. The molecule has 2 rings (SSSR count). The van der Waals surface area contributed by atoms with Gasteiger partial charge in [0.15, 0.2) is 0 Å². The van der Waals surface area contributed by atoms with Crippen LogP contribution in [0.4, 0.5) is 0 Å². The average Bonchev–Trinajstić information content (AvgIpc) is 2.88. The molecule has 0 bridgehead atoms. The third-order valence-electron chi connectivity index (χ3n) is 3.38. The van der Waals surface area contributed by atoms with Crippen LogP contribution in [0.25, 0.3) is 0 Å². The molecular weight excluding hydrogens is 316 g/mol. The number of aromatic nitrogens is 3. The van der Waals surface area contributed by atoms with E-state index in [1.54, 1.807) is 6.33 Å². The van der Waals surface area contributed by atoms with Crippen LogP contribution in [-0.4, -0.2) is 21.3 Å². The average molecular weight is 337 g/mol. The summed E-state index contributed by atoms with van der Waals surface area (Å²) >= 11 is 3.46. The van der Waals surface area contributed by atoms with Crippen LogP contribution < -0.4 is 5.73 Å². The molecular formula is C15H21BrN4. The molecule has 0 aliphatic carbocycles. The fourth-order valence-corrected chi connectivity index (χ4v) is 2.57. The summed E-state index contributed by atoms with van der Waals surface area (Å²) in [7, 11) is 0. The van der Waals surface area contributed by atoms with Gasteiger partial charge in [0.1, 0.15) is 12.2 Å². The Kier molecular flexibility index (Phi) is 5.31. The second-order valence-corrected chi connectivity index (χ2v) is 6.27. The maximum atomic E-state index is 5.93. The predicted molar refractivity (Wildman–Crippen MR) is 84.5 cm³/mol. The highest BCUT2D eigenvalue weighted by Gasteiger charge is 2.14.